The Morgan fingerprint density at radius 3 is 2.65 bits per heavy atom. The molecule has 0 unspecified atom stereocenters. The number of alkyl halides is 1. The van der Waals surface area contributed by atoms with Gasteiger partial charge in [0.1, 0.15) is 0 Å². The number of H-pyrrole nitrogens is 1. The van der Waals surface area contributed by atoms with E-state index in [9.17, 15) is 19.7 Å². The van der Waals surface area contributed by atoms with Crippen LogP contribution in [0.5, 0.6) is 0 Å². The largest absolute Gasteiger partial charge is 0.350 e. The Morgan fingerprint density at radius 2 is 2.06 bits per heavy atom. The average molecular weight is 262 g/mol. The average Bonchev–Trinajstić information content (AvgIpc) is 2.26. The van der Waals surface area contributed by atoms with Crippen molar-refractivity contribution in [2.75, 3.05) is 5.88 Å². The normalized spacial score (nSPS) is 10.4. The topological polar surface area (TPSA) is 98.0 Å². The number of nitro groups is 1. The van der Waals surface area contributed by atoms with Crippen LogP contribution in [0.25, 0.3) is 0 Å². The summed E-state index contributed by atoms with van der Waals surface area (Å²) in [4.78, 5) is 34.0. The van der Waals surface area contributed by atoms with Crippen molar-refractivity contribution in [3.63, 3.8) is 0 Å². The van der Waals surface area contributed by atoms with Gasteiger partial charge in [-0.05, 0) is 12.8 Å². The highest BCUT2D eigenvalue weighted by atomic mass is 35.5. The predicted octanol–water partition coefficient (Wildman–Crippen LogP) is 0.854. The molecule has 0 aliphatic carbocycles. The highest BCUT2D eigenvalue weighted by Crippen LogP contribution is 2.02. The van der Waals surface area contributed by atoms with E-state index in [2.05, 4.69) is 0 Å². The monoisotopic (exact) mass is 261 g/mol. The molecule has 0 aliphatic rings. The molecule has 7 nitrogen and oxygen atoms in total. The molecule has 1 rings (SSSR count). The van der Waals surface area contributed by atoms with Crippen LogP contribution in [0.1, 0.15) is 19.3 Å². The molecule has 0 saturated carbocycles. The predicted molar refractivity (Wildman–Crippen MR) is 62.5 cm³/mol. The van der Waals surface area contributed by atoms with Crippen LogP contribution in [-0.2, 0) is 6.54 Å². The van der Waals surface area contributed by atoms with Crippen LogP contribution in [0.15, 0.2) is 15.8 Å². The molecule has 0 bridgehead atoms. The molecule has 0 fully saturated rings. The zero-order valence-corrected chi connectivity index (χ0v) is 9.77. The van der Waals surface area contributed by atoms with E-state index in [0.29, 0.717) is 18.8 Å². The fourth-order valence-electron chi connectivity index (χ4n) is 1.35. The van der Waals surface area contributed by atoms with Crippen LogP contribution < -0.4 is 11.2 Å². The summed E-state index contributed by atoms with van der Waals surface area (Å²) in [7, 11) is 0. The molecular weight excluding hydrogens is 250 g/mol. The maximum absolute atomic E-state index is 11.3. The zero-order valence-electron chi connectivity index (χ0n) is 9.02. The quantitative estimate of drug-likeness (QED) is 0.355. The van der Waals surface area contributed by atoms with Crippen molar-refractivity contribution < 1.29 is 4.92 Å². The number of rotatable bonds is 6. The molecule has 0 amide bonds. The third kappa shape index (κ3) is 3.70. The molecule has 0 spiro atoms. The number of nitrogens with zero attached hydrogens (tertiary/aromatic N) is 2. The highest BCUT2D eigenvalue weighted by molar-refractivity contribution is 6.17. The van der Waals surface area contributed by atoms with Crippen LogP contribution in [-0.4, -0.2) is 20.4 Å². The Bertz CT molecular complexity index is 508. The maximum atomic E-state index is 11.3. The summed E-state index contributed by atoms with van der Waals surface area (Å²) in [6.45, 7) is 0.327. The minimum Gasteiger partial charge on any atom is -0.294 e. The third-order valence-electron chi connectivity index (χ3n) is 2.22. The van der Waals surface area contributed by atoms with Gasteiger partial charge in [-0.15, -0.1) is 11.6 Å². The molecule has 0 saturated heterocycles. The summed E-state index contributed by atoms with van der Waals surface area (Å²) in [5, 5.41) is 10.5. The lowest BCUT2D eigenvalue weighted by atomic mass is 10.2. The molecule has 0 radical (unpaired) electrons. The number of aryl methyl sites for hydroxylation is 1. The van der Waals surface area contributed by atoms with Gasteiger partial charge in [0.15, 0.2) is 0 Å². The second-order valence-corrected chi connectivity index (χ2v) is 3.85. The fraction of sp³-hybridized carbons (Fsp3) is 0.556. The molecular formula is C9H12ClN3O4. The van der Waals surface area contributed by atoms with Crippen molar-refractivity contribution >= 4 is 17.3 Å². The van der Waals surface area contributed by atoms with Crippen molar-refractivity contribution in [2.45, 2.75) is 25.8 Å². The van der Waals surface area contributed by atoms with Crippen LogP contribution in [0.2, 0.25) is 0 Å². The van der Waals surface area contributed by atoms with E-state index in [1.807, 2.05) is 4.98 Å². The van der Waals surface area contributed by atoms with Gasteiger partial charge in [0.25, 0.3) is 0 Å². The molecule has 0 aliphatic heterocycles. The number of aromatic amines is 1. The lowest BCUT2D eigenvalue weighted by Gasteiger charge is -2.03. The van der Waals surface area contributed by atoms with Crippen molar-refractivity contribution in [3.05, 3.63) is 37.1 Å². The van der Waals surface area contributed by atoms with Gasteiger partial charge < -0.3 is 0 Å². The van der Waals surface area contributed by atoms with Crippen LogP contribution in [0.3, 0.4) is 0 Å². The van der Waals surface area contributed by atoms with Crippen LogP contribution in [0, 0.1) is 10.1 Å². The van der Waals surface area contributed by atoms with Crippen LogP contribution in [0.4, 0.5) is 5.69 Å². The summed E-state index contributed by atoms with van der Waals surface area (Å²) in [6, 6.07) is 0. The molecule has 17 heavy (non-hydrogen) atoms. The van der Waals surface area contributed by atoms with E-state index in [1.54, 1.807) is 0 Å². The third-order valence-corrected chi connectivity index (χ3v) is 2.49. The molecule has 0 atom stereocenters. The van der Waals surface area contributed by atoms with Gasteiger partial charge in [0, 0.05) is 12.4 Å². The first-order valence-corrected chi connectivity index (χ1v) is 5.64. The molecule has 1 aromatic heterocycles. The van der Waals surface area contributed by atoms with Crippen LogP contribution >= 0.6 is 11.6 Å². The lowest BCUT2D eigenvalue weighted by molar-refractivity contribution is -0.386. The first-order valence-electron chi connectivity index (χ1n) is 5.10. The highest BCUT2D eigenvalue weighted by Gasteiger charge is 2.14. The van der Waals surface area contributed by atoms with Gasteiger partial charge in [0.05, 0.1) is 11.1 Å². The van der Waals surface area contributed by atoms with E-state index in [-0.39, 0.29) is 0 Å². The second kappa shape index (κ2) is 6.19. The van der Waals surface area contributed by atoms with Crippen molar-refractivity contribution in [1.82, 2.24) is 9.55 Å². The van der Waals surface area contributed by atoms with Gasteiger partial charge in [-0.2, -0.15) is 0 Å². The zero-order chi connectivity index (χ0) is 12.8. The molecule has 1 N–H and O–H groups in total. The van der Waals surface area contributed by atoms with Gasteiger partial charge in [-0.3, -0.25) is 24.5 Å². The summed E-state index contributed by atoms with van der Waals surface area (Å²) in [5.41, 5.74) is -2.23. The smallest absolute Gasteiger partial charge is 0.294 e. The Balaban J connectivity index is 2.85. The number of nitrogens with one attached hydrogen (secondary N) is 1. The van der Waals surface area contributed by atoms with Crippen molar-refractivity contribution in [1.29, 1.82) is 0 Å². The summed E-state index contributed by atoms with van der Waals surface area (Å²) in [6.07, 6.45) is 3.29. The van der Waals surface area contributed by atoms with E-state index in [4.69, 9.17) is 11.6 Å². The Morgan fingerprint density at radius 1 is 1.35 bits per heavy atom. The Kier molecular flexibility index (Phi) is 4.89. The van der Waals surface area contributed by atoms with Gasteiger partial charge in [-0.1, -0.05) is 6.42 Å². The van der Waals surface area contributed by atoms with Gasteiger partial charge in [0.2, 0.25) is 0 Å². The SMILES string of the molecule is O=c1[nH]c(=O)n(CCCCCCl)cc1[N+](=O)[O-]. The van der Waals surface area contributed by atoms with E-state index in [0.717, 1.165) is 23.6 Å². The number of hydrogen-bond acceptors (Lipinski definition) is 4. The molecule has 94 valence electrons. The van der Waals surface area contributed by atoms with Gasteiger partial charge in [-0.25, -0.2) is 4.79 Å². The minimum atomic E-state index is -0.975. The summed E-state index contributed by atoms with van der Waals surface area (Å²) in [5.74, 6) is 0.542. The maximum Gasteiger partial charge on any atom is 0.350 e. The standard InChI is InChI=1S/C9H12ClN3O4/c10-4-2-1-3-5-12-6-7(13(16)17)8(14)11-9(12)15/h6H,1-5H2,(H,11,14,15). The van der Waals surface area contributed by atoms with E-state index in [1.165, 1.54) is 0 Å². The van der Waals surface area contributed by atoms with E-state index < -0.39 is 21.9 Å². The van der Waals surface area contributed by atoms with Crippen molar-refractivity contribution in [2.24, 2.45) is 0 Å². The summed E-state index contributed by atoms with van der Waals surface area (Å²) >= 11 is 5.50. The number of hydrogen-bond donors (Lipinski definition) is 1. The molecule has 1 heterocycles. The Hall–Kier alpha value is -1.63. The van der Waals surface area contributed by atoms with E-state index >= 15 is 0 Å². The summed E-state index contributed by atoms with van der Waals surface area (Å²) < 4.78 is 1.13. The van der Waals surface area contributed by atoms with Gasteiger partial charge >= 0.3 is 16.9 Å². The molecule has 1 aromatic rings. The number of aromatic nitrogens is 2. The molecule has 8 heteroatoms. The lowest BCUT2D eigenvalue weighted by Crippen LogP contribution is -2.30. The first-order chi connectivity index (χ1) is 8.06. The Labute approximate surface area is 101 Å². The number of unbranched alkanes of at least 4 members (excludes halogenated alkanes) is 2. The van der Waals surface area contributed by atoms with Crippen molar-refractivity contribution in [3.8, 4) is 0 Å². The minimum absolute atomic E-state index is 0.327. The second-order valence-electron chi connectivity index (χ2n) is 3.47. The molecule has 0 aromatic carbocycles. The number of halogens is 1. The fourth-order valence-corrected chi connectivity index (χ4v) is 1.54. The first kappa shape index (κ1) is 13.4.